The van der Waals surface area contributed by atoms with E-state index in [4.69, 9.17) is 0 Å². The summed E-state index contributed by atoms with van der Waals surface area (Å²) >= 11 is 0. The summed E-state index contributed by atoms with van der Waals surface area (Å²) in [6, 6.07) is 8.65. The quantitative estimate of drug-likeness (QED) is 0.809. The van der Waals surface area contributed by atoms with Gasteiger partial charge in [-0.05, 0) is 44.2 Å². The van der Waals surface area contributed by atoms with E-state index in [0.717, 1.165) is 6.42 Å². The van der Waals surface area contributed by atoms with Gasteiger partial charge in [0.15, 0.2) is 0 Å². The number of rotatable bonds is 6. The van der Waals surface area contributed by atoms with Crippen molar-refractivity contribution in [1.82, 2.24) is 5.32 Å². The van der Waals surface area contributed by atoms with Crippen LogP contribution in [0.1, 0.15) is 51.3 Å². The summed E-state index contributed by atoms with van der Waals surface area (Å²) in [5.41, 5.74) is 1.96. The highest BCUT2D eigenvalue weighted by molar-refractivity contribution is 5.28. The third kappa shape index (κ3) is 4.79. The van der Waals surface area contributed by atoms with Crippen molar-refractivity contribution in [2.75, 3.05) is 6.54 Å². The second kappa shape index (κ2) is 6.35. The molecule has 1 aromatic rings. The van der Waals surface area contributed by atoms with Gasteiger partial charge in [-0.1, -0.05) is 38.1 Å². The van der Waals surface area contributed by atoms with Crippen molar-refractivity contribution in [2.45, 2.75) is 52.7 Å². The zero-order valence-corrected chi connectivity index (χ0v) is 12.3. The van der Waals surface area contributed by atoms with Crippen LogP contribution in [0, 0.1) is 12.8 Å². The van der Waals surface area contributed by atoms with Crippen LogP contribution in [0.4, 0.5) is 0 Å². The first-order valence-corrected chi connectivity index (χ1v) is 6.83. The molecule has 2 nitrogen and oxygen atoms in total. The zero-order valence-electron chi connectivity index (χ0n) is 12.3. The molecule has 18 heavy (non-hydrogen) atoms. The highest BCUT2D eigenvalue weighted by Crippen LogP contribution is 2.19. The van der Waals surface area contributed by atoms with Gasteiger partial charge in [0.1, 0.15) is 0 Å². The van der Waals surface area contributed by atoms with E-state index in [1.165, 1.54) is 11.1 Å². The zero-order chi connectivity index (χ0) is 13.8. The van der Waals surface area contributed by atoms with Crippen LogP contribution >= 0.6 is 0 Å². The first kappa shape index (κ1) is 15.2. The molecule has 0 saturated carbocycles. The molecule has 2 heteroatoms. The standard InChI is InChI=1S/C16H27NO/c1-12(2)10-16(5,18)11-17-14(4)15-9-7-6-8-13(15)3/h6-9,12,14,17-18H,10-11H2,1-5H3. The van der Waals surface area contributed by atoms with Crippen LogP contribution < -0.4 is 5.32 Å². The highest BCUT2D eigenvalue weighted by Gasteiger charge is 2.22. The van der Waals surface area contributed by atoms with Crippen molar-refractivity contribution in [3.63, 3.8) is 0 Å². The van der Waals surface area contributed by atoms with Crippen molar-refractivity contribution in [1.29, 1.82) is 0 Å². The normalized spacial score (nSPS) is 16.6. The molecule has 0 aliphatic carbocycles. The Labute approximate surface area is 111 Å². The Kier molecular flexibility index (Phi) is 5.36. The summed E-state index contributed by atoms with van der Waals surface area (Å²) in [5, 5.41) is 13.7. The smallest absolute Gasteiger partial charge is 0.0746 e. The topological polar surface area (TPSA) is 32.3 Å². The number of hydrogen-bond donors (Lipinski definition) is 2. The van der Waals surface area contributed by atoms with E-state index < -0.39 is 5.60 Å². The molecule has 0 aliphatic rings. The fourth-order valence-electron chi connectivity index (χ4n) is 2.51. The fourth-order valence-corrected chi connectivity index (χ4v) is 2.51. The third-order valence-corrected chi connectivity index (χ3v) is 3.29. The number of nitrogens with one attached hydrogen (secondary N) is 1. The Hall–Kier alpha value is -0.860. The maximum absolute atomic E-state index is 10.3. The Bertz CT molecular complexity index is 371. The van der Waals surface area contributed by atoms with Crippen LogP contribution in [-0.2, 0) is 0 Å². The minimum atomic E-state index is -0.634. The molecule has 2 atom stereocenters. The van der Waals surface area contributed by atoms with Crippen LogP contribution in [0.25, 0.3) is 0 Å². The predicted molar refractivity (Wildman–Crippen MR) is 77.7 cm³/mol. The van der Waals surface area contributed by atoms with E-state index in [0.29, 0.717) is 12.5 Å². The van der Waals surface area contributed by atoms with Crippen molar-refractivity contribution in [2.24, 2.45) is 5.92 Å². The largest absolute Gasteiger partial charge is 0.389 e. The van der Waals surface area contributed by atoms with E-state index >= 15 is 0 Å². The molecule has 0 saturated heterocycles. The van der Waals surface area contributed by atoms with E-state index in [1.807, 2.05) is 6.92 Å². The van der Waals surface area contributed by atoms with Gasteiger partial charge in [0.25, 0.3) is 0 Å². The second-order valence-corrected chi connectivity index (χ2v) is 6.05. The molecule has 0 aromatic heterocycles. The van der Waals surface area contributed by atoms with Gasteiger partial charge in [0.2, 0.25) is 0 Å². The lowest BCUT2D eigenvalue weighted by atomic mass is 9.93. The second-order valence-electron chi connectivity index (χ2n) is 6.05. The van der Waals surface area contributed by atoms with E-state index in [1.54, 1.807) is 0 Å². The van der Waals surface area contributed by atoms with Crippen LogP contribution in [0.15, 0.2) is 24.3 Å². The van der Waals surface area contributed by atoms with Gasteiger partial charge in [-0.3, -0.25) is 0 Å². The van der Waals surface area contributed by atoms with Crippen LogP contribution in [-0.4, -0.2) is 17.3 Å². The fraction of sp³-hybridized carbons (Fsp3) is 0.625. The molecule has 2 unspecified atom stereocenters. The molecule has 1 aromatic carbocycles. The molecule has 0 heterocycles. The van der Waals surface area contributed by atoms with Gasteiger partial charge < -0.3 is 10.4 Å². The van der Waals surface area contributed by atoms with Crippen molar-refractivity contribution in [3.05, 3.63) is 35.4 Å². The van der Waals surface area contributed by atoms with Gasteiger partial charge in [0, 0.05) is 12.6 Å². The first-order valence-electron chi connectivity index (χ1n) is 6.83. The molecule has 2 N–H and O–H groups in total. The van der Waals surface area contributed by atoms with Crippen molar-refractivity contribution >= 4 is 0 Å². The van der Waals surface area contributed by atoms with Crippen molar-refractivity contribution < 1.29 is 5.11 Å². The lowest BCUT2D eigenvalue weighted by molar-refractivity contribution is 0.0363. The highest BCUT2D eigenvalue weighted by atomic mass is 16.3. The molecule has 0 fully saturated rings. The number of benzene rings is 1. The maximum atomic E-state index is 10.3. The van der Waals surface area contributed by atoms with Gasteiger partial charge in [-0.25, -0.2) is 0 Å². The molecule has 0 spiro atoms. The molecule has 102 valence electrons. The maximum Gasteiger partial charge on any atom is 0.0746 e. The SMILES string of the molecule is Cc1ccccc1C(C)NCC(C)(O)CC(C)C. The molecular formula is C16H27NO. The Morgan fingerprint density at radius 1 is 1.22 bits per heavy atom. The van der Waals surface area contributed by atoms with E-state index in [-0.39, 0.29) is 6.04 Å². The lowest BCUT2D eigenvalue weighted by Crippen LogP contribution is -2.40. The molecule has 0 aliphatic heterocycles. The number of hydrogen-bond acceptors (Lipinski definition) is 2. The summed E-state index contributed by atoms with van der Waals surface area (Å²) in [7, 11) is 0. The Morgan fingerprint density at radius 3 is 2.39 bits per heavy atom. The average Bonchev–Trinajstić information content (AvgIpc) is 2.25. The summed E-state index contributed by atoms with van der Waals surface area (Å²) in [6.45, 7) is 11.1. The number of aliphatic hydroxyl groups is 1. The Morgan fingerprint density at radius 2 is 1.83 bits per heavy atom. The first-order chi connectivity index (χ1) is 8.32. The molecule has 0 amide bonds. The van der Waals surface area contributed by atoms with E-state index in [9.17, 15) is 5.11 Å². The molecular weight excluding hydrogens is 222 g/mol. The molecule has 0 bridgehead atoms. The lowest BCUT2D eigenvalue weighted by Gasteiger charge is -2.28. The van der Waals surface area contributed by atoms with Gasteiger partial charge in [-0.15, -0.1) is 0 Å². The van der Waals surface area contributed by atoms with Gasteiger partial charge in [0.05, 0.1) is 5.60 Å². The summed E-state index contributed by atoms with van der Waals surface area (Å²) in [4.78, 5) is 0. The van der Waals surface area contributed by atoms with Crippen LogP contribution in [0.3, 0.4) is 0 Å². The number of aryl methyl sites for hydroxylation is 1. The minimum Gasteiger partial charge on any atom is -0.389 e. The van der Waals surface area contributed by atoms with Gasteiger partial charge in [-0.2, -0.15) is 0 Å². The molecule has 0 radical (unpaired) electrons. The van der Waals surface area contributed by atoms with Gasteiger partial charge >= 0.3 is 0 Å². The Balaban J connectivity index is 2.56. The third-order valence-electron chi connectivity index (χ3n) is 3.29. The van der Waals surface area contributed by atoms with E-state index in [2.05, 4.69) is 57.3 Å². The van der Waals surface area contributed by atoms with Crippen LogP contribution in [0.2, 0.25) is 0 Å². The van der Waals surface area contributed by atoms with Crippen molar-refractivity contribution in [3.8, 4) is 0 Å². The van der Waals surface area contributed by atoms with Crippen LogP contribution in [0.5, 0.6) is 0 Å². The molecule has 1 rings (SSSR count). The minimum absolute atomic E-state index is 0.268. The summed E-state index contributed by atoms with van der Waals surface area (Å²) < 4.78 is 0. The predicted octanol–water partition coefficient (Wildman–Crippen LogP) is 3.44. The monoisotopic (exact) mass is 249 g/mol. The summed E-state index contributed by atoms with van der Waals surface area (Å²) in [5.74, 6) is 0.510. The average molecular weight is 249 g/mol. The summed E-state index contributed by atoms with van der Waals surface area (Å²) in [6.07, 6.45) is 0.820.